The number of carbonyl (C=O) groups excluding carboxylic acids is 1. The molecule has 2 aliphatic heterocycles. The third kappa shape index (κ3) is 4.23. The van der Waals surface area contributed by atoms with Gasteiger partial charge in [-0.15, -0.1) is 0 Å². The maximum Gasteiger partial charge on any atom is 0.441 e. The van der Waals surface area contributed by atoms with Gasteiger partial charge in [-0.1, -0.05) is 36.4 Å². The molecule has 0 atom stereocenters. The number of amides is 1. The molecule has 0 saturated heterocycles. The van der Waals surface area contributed by atoms with Gasteiger partial charge in [0.15, 0.2) is 5.84 Å². The number of nitrogens with one attached hydrogen (secondary N) is 1. The highest BCUT2D eigenvalue weighted by molar-refractivity contribution is 8.27. The number of ether oxygens (including phenoxy) is 1. The Hall–Kier alpha value is -3.86. The zero-order valence-corrected chi connectivity index (χ0v) is 19.2. The summed E-state index contributed by atoms with van der Waals surface area (Å²) in [6.07, 6.45) is -3.19. The molecule has 1 amide bonds. The Morgan fingerprint density at radius 1 is 1.11 bits per heavy atom. The average molecular weight is 498 g/mol. The van der Waals surface area contributed by atoms with Gasteiger partial charge in [0.05, 0.1) is 12.1 Å². The molecule has 2 aliphatic rings. The first kappa shape index (κ1) is 22.9. The molecule has 0 saturated carbocycles. The third-order valence-corrected chi connectivity index (χ3v) is 6.55. The van der Waals surface area contributed by atoms with E-state index in [1.807, 2.05) is 66.1 Å². The van der Waals surface area contributed by atoms with Gasteiger partial charge in [0.2, 0.25) is 10.2 Å². The maximum absolute atomic E-state index is 13.1. The summed E-state index contributed by atoms with van der Waals surface area (Å²) in [5.41, 5.74) is 2.27. The minimum atomic E-state index is -4.69. The van der Waals surface area contributed by atoms with Crippen LogP contribution >= 0.6 is 11.8 Å². The predicted molar refractivity (Wildman–Crippen MR) is 130 cm³/mol. The van der Waals surface area contributed by atoms with Gasteiger partial charge in [-0.2, -0.15) is 28.3 Å². The SMILES string of the molecule is Cc1c(/C=C2\C(=N)N3N=C(C(F)(F)F)SC3=NC2=O)c2ccccc2n1CCOc1ccccc1. The van der Waals surface area contributed by atoms with Gasteiger partial charge >= 0.3 is 6.18 Å². The van der Waals surface area contributed by atoms with Crippen LogP contribution in [0, 0.1) is 12.3 Å². The zero-order valence-electron chi connectivity index (χ0n) is 18.3. The van der Waals surface area contributed by atoms with Crippen LogP contribution in [0.25, 0.3) is 17.0 Å². The Kier molecular flexibility index (Phi) is 5.72. The molecule has 0 spiro atoms. The van der Waals surface area contributed by atoms with Gasteiger partial charge in [0.1, 0.15) is 12.4 Å². The molecule has 3 heterocycles. The van der Waals surface area contributed by atoms with E-state index in [-0.39, 0.29) is 22.5 Å². The Labute approximate surface area is 202 Å². The van der Waals surface area contributed by atoms with Crippen LogP contribution in [0.15, 0.2) is 70.3 Å². The number of amidine groups is 2. The van der Waals surface area contributed by atoms with Gasteiger partial charge in [-0.3, -0.25) is 10.2 Å². The highest BCUT2D eigenvalue weighted by Crippen LogP contribution is 2.36. The monoisotopic (exact) mass is 497 g/mol. The van der Waals surface area contributed by atoms with Gasteiger partial charge in [-0.25, -0.2) is 0 Å². The lowest BCUT2D eigenvalue weighted by Gasteiger charge is -2.20. The molecule has 0 unspecified atom stereocenters. The van der Waals surface area contributed by atoms with Crippen LogP contribution in [0.4, 0.5) is 13.2 Å². The van der Waals surface area contributed by atoms with Gasteiger partial charge < -0.3 is 9.30 Å². The molecule has 0 bridgehead atoms. The maximum atomic E-state index is 13.1. The second kappa shape index (κ2) is 8.73. The van der Waals surface area contributed by atoms with Crippen molar-refractivity contribution in [2.45, 2.75) is 19.6 Å². The summed E-state index contributed by atoms with van der Waals surface area (Å²) in [5, 5.41) is 12.0. The van der Waals surface area contributed by atoms with Crippen LogP contribution in [-0.4, -0.2) is 44.3 Å². The fourth-order valence-electron chi connectivity index (χ4n) is 3.95. The first-order valence-electron chi connectivity index (χ1n) is 10.6. The Morgan fingerprint density at radius 2 is 1.83 bits per heavy atom. The van der Waals surface area contributed by atoms with Crippen LogP contribution in [-0.2, 0) is 11.3 Å². The lowest BCUT2D eigenvalue weighted by molar-refractivity contribution is -0.114. The van der Waals surface area contributed by atoms with Crippen molar-refractivity contribution in [3.8, 4) is 5.75 Å². The molecule has 3 aromatic rings. The lowest BCUT2D eigenvalue weighted by atomic mass is 10.1. The van der Waals surface area contributed by atoms with Crippen molar-refractivity contribution in [2.24, 2.45) is 10.1 Å². The van der Waals surface area contributed by atoms with E-state index in [1.54, 1.807) is 0 Å². The van der Waals surface area contributed by atoms with E-state index in [9.17, 15) is 18.0 Å². The molecule has 0 aliphatic carbocycles. The quantitative estimate of drug-likeness (QED) is 0.491. The minimum absolute atomic E-state index is 0.131. The van der Waals surface area contributed by atoms with Crippen molar-refractivity contribution in [3.05, 3.63) is 71.4 Å². The number of aliphatic imine (C=N–C) groups is 1. The van der Waals surface area contributed by atoms with E-state index in [1.165, 1.54) is 6.08 Å². The Bertz CT molecular complexity index is 1440. The van der Waals surface area contributed by atoms with Crippen molar-refractivity contribution in [3.63, 3.8) is 0 Å². The number of para-hydroxylation sites is 2. The fourth-order valence-corrected chi connectivity index (χ4v) is 4.71. The standard InChI is InChI=1S/C24H18F3N5O2S/c1-14-17(13-18-20(28)32-23(29-21(18)33)35-22(30-32)24(25,26)27)16-9-5-6-10-19(16)31(14)11-12-34-15-7-3-2-4-8-15/h2-10,13,28H,11-12H2,1H3/b18-13+,28-20?. The fraction of sp³-hybridized carbons (Fsp3) is 0.167. The summed E-state index contributed by atoms with van der Waals surface area (Å²) < 4.78 is 47.2. The smallest absolute Gasteiger partial charge is 0.441 e. The van der Waals surface area contributed by atoms with Gasteiger partial charge in [-0.05, 0) is 43.0 Å². The molecule has 178 valence electrons. The second-order valence-corrected chi connectivity index (χ2v) is 8.71. The molecular weight excluding hydrogens is 479 g/mol. The lowest BCUT2D eigenvalue weighted by Crippen LogP contribution is -2.35. The number of benzene rings is 2. The topological polar surface area (TPSA) is 83.0 Å². The molecule has 2 aromatic carbocycles. The highest BCUT2D eigenvalue weighted by atomic mass is 32.2. The van der Waals surface area contributed by atoms with Crippen molar-refractivity contribution in [2.75, 3.05) is 6.61 Å². The van der Waals surface area contributed by atoms with Crippen LogP contribution < -0.4 is 4.74 Å². The van der Waals surface area contributed by atoms with E-state index < -0.39 is 23.0 Å². The number of carbonyl (C=O) groups is 1. The number of hydrogen-bond acceptors (Lipinski definition) is 5. The number of rotatable bonds is 5. The normalized spacial score (nSPS) is 17.1. The zero-order chi connectivity index (χ0) is 24.7. The average Bonchev–Trinajstić information content (AvgIpc) is 3.37. The molecule has 1 aromatic heterocycles. The number of halogens is 3. The summed E-state index contributed by atoms with van der Waals surface area (Å²) >= 11 is 0.228. The molecule has 11 heteroatoms. The Morgan fingerprint density at radius 3 is 2.57 bits per heavy atom. The van der Waals surface area contributed by atoms with E-state index in [0.717, 1.165) is 27.4 Å². The highest BCUT2D eigenvalue weighted by Gasteiger charge is 2.46. The van der Waals surface area contributed by atoms with Crippen molar-refractivity contribution in [1.29, 1.82) is 5.41 Å². The number of thioether (sulfide) groups is 1. The summed E-state index contributed by atoms with van der Waals surface area (Å²) in [6, 6.07) is 17.0. The van der Waals surface area contributed by atoms with Crippen LogP contribution in [0.2, 0.25) is 0 Å². The summed E-state index contributed by atoms with van der Waals surface area (Å²) in [4.78, 5) is 16.4. The minimum Gasteiger partial charge on any atom is -0.492 e. The number of nitrogens with zero attached hydrogens (tertiary/aromatic N) is 4. The Balaban J connectivity index is 1.49. The first-order chi connectivity index (χ1) is 16.7. The predicted octanol–water partition coefficient (Wildman–Crippen LogP) is 5.21. The summed E-state index contributed by atoms with van der Waals surface area (Å²) in [7, 11) is 0. The van der Waals surface area contributed by atoms with Crippen LogP contribution in [0.1, 0.15) is 11.3 Å². The number of alkyl halides is 3. The molecule has 0 radical (unpaired) electrons. The van der Waals surface area contributed by atoms with Crippen molar-refractivity contribution < 1.29 is 22.7 Å². The summed E-state index contributed by atoms with van der Waals surface area (Å²) in [6.45, 7) is 2.81. The molecule has 35 heavy (non-hydrogen) atoms. The molecule has 5 rings (SSSR count). The largest absolute Gasteiger partial charge is 0.492 e. The molecule has 7 nitrogen and oxygen atoms in total. The van der Waals surface area contributed by atoms with Crippen molar-refractivity contribution >= 4 is 50.7 Å². The number of fused-ring (bicyclic) bond motifs is 2. The number of hydrazone groups is 1. The van der Waals surface area contributed by atoms with Gasteiger partial charge in [0, 0.05) is 22.2 Å². The summed E-state index contributed by atoms with van der Waals surface area (Å²) in [5.74, 6) is -0.479. The van der Waals surface area contributed by atoms with Crippen LogP contribution in [0.3, 0.4) is 0 Å². The molecule has 1 N–H and O–H groups in total. The number of hydrogen-bond donors (Lipinski definition) is 1. The second-order valence-electron chi connectivity index (χ2n) is 7.75. The van der Waals surface area contributed by atoms with Crippen molar-refractivity contribution in [1.82, 2.24) is 9.58 Å². The van der Waals surface area contributed by atoms with E-state index in [4.69, 9.17) is 10.1 Å². The first-order valence-corrected chi connectivity index (χ1v) is 11.4. The van der Waals surface area contributed by atoms with Crippen LogP contribution in [0.5, 0.6) is 5.75 Å². The third-order valence-electron chi connectivity index (χ3n) is 5.59. The van der Waals surface area contributed by atoms with E-state index >= 15 is 0 Å². The van der Waals surface area contributed by atoms with E-state index in [2.05, 4.69) is 10.1 Å². The molecular formula is C24H18F3N5O2S. The molecule has 0 fully saturated rings. The van der Waals surface area contributed by atoms with E-state index in [0.29, 0.717) is 18.7 Å². The van der Waals surface area contributed by atoms with Gasteiger partial charge in [0.25, 0.3) is 5.91 Å². The number of aromatic nitrogens is 1.